The summed E-state index contributed by atoms with van der Waals surface area (Å²) in [6.07, 6.45) is 4.66. The van der Waals surface area contributed by atoms with Crippen LogP contribution in [0, 0.1) is 0 Å². The fourth-order valence-electron chi connectivity index (χ4n) is 3.54. The van der Waals surface area contributed by atoms with E-state index < -0.39 is 5.91 Å². The molecule has 0 unspecified atom stereocenters. The minimum absolute atomic E-state index is 0.238. The van der Waals surface area contributed by atoms with Crippen LogP contribution < -0.4 is 10.6 Å². The molecule has 0 fully saturated rings. The molecule has 4 amide bonds. The van der Waals surface area contributed by atoms with Crippen LogP contribution in [0.25, 0.3) is 0 Å². The molecule has 1 aliphatic heterocycles. The van der Waals surface area contributed by atoms with E-state index in [-0.39, 0.29) is 28.8 Å². The van der Waals surface area contributed by atoms with E-state index in [2.05, 4.69) is 15.6 Å². The molecule has 0 bridgehead atoms. The number of carbonyl (C=O) groups is 4. The number of nitrogens with zero attached hydrogens (tertiary/aromatic N) is 2. The van der Waals surface area contributed by atoms with Crippen molar-refractivity contribution in [2.45, 2.75) is 19.8 Å². The summed E-state index contributed by atoms with van der Waals surface area (Å²) in [5, 5.41) is 5.54. The van der Waals surface area contributed by atoms with Crippen LogP contribution in [0.1, 0.15) is 61.2 Å². The molecular formula is C25H22N4O4. The average molecular weight is 442 g/mol. The number of carbonyl (C=O) groups excluding carboxylic acids is 4. The second-order valence-electron chi connectivity index (χ2n) is 7.60. The smallest absolute Gasteiger partial charge is 0.261 e. The van der Waals surface area contributed by atoms with Gasteiger partial charge in [0.25, 0.3) is 23.6 Å². The van der Waals surface area contributed by atoms with Crippen molar-refractivity contribution >= 4 is 35.0 Å². The maximum absolute atomic E-state index is 12.8. The first-order valence-corrected chi connectivity index (χ1v) is 10.6. The Balaban J connectivity index is 1.47. The number of aromatic nitrogens is 1. The predicted molar refractivity (Wildman–Crippen MR) is 123 cm³/mol. The Morgan fingerprint density at radius 2 is 1.45 bits per heavy atom. The zero-order valence-electron chi connectivity index (χ0n) is 18.0. The van der Waals surface area contributed by atoms with Crippen molar-refractivity contribution in [3.63, 3.8) is 0 Å². The van der Waals surface area contributed by atoms with Crippen molar-refractivity contribution in [2.24, 2.45) is 0 Å². The van der Waals surface area contributed by atoms with Crippen LogP contribution in [-0.2, 0) is 0 Å². The summed E-state index contributed by atoms with van der Waals surface area (Å²) in [6.45, 7) is 2.35. The third-order valence-corrected chi connectivity index (χ3v) is 5.29. The van der Waals surface area contributed by atoms with Crippen molar-refractivity contribution in [1.82, 2.24) is 9.88 Å². The molecule has 0 saturated carbocycles. The second-order valence-corrected chi connectivity index (χ2v) is 7.60. The van der Waals surface area contributed by atoms with Crippen LogP contribution in [0.15, 0.2) is 67.0 Å². The van der Waals surface area contributed by atoms with Gasteiger partial charge in [-0.15, -0.1) is 0 Å². The van der Waals surface area contributed by atoms with E-state index in [4.69, 9.17) is 0 Å². The molecule has 0 spiro atoms. The number of rotatable bonds is 7. The number of benzene rings is 2. The lowest BCUT2D eigenvalue weighted by atomic mass is 10.1. The van der Waals surface area contributed by atoms with Gasteiger partial charge in [-0.3, -0.25) is 29.1 Å². The Kier molecular flexibility index (Phi) is 6.26. The molecule has 0 radical (unpaired) electrons. The lowest BCUT2D eigenvalue weighted by molar-refractivity contribution is 0.0652. The number of nitrogens with one attached hydrogen (secondary N) is 2. The highest BCUT2D eigenvalue weighted by molar-refractivity contribution is 6.22. The number of imide groups is 1. The van der Waals surface area contributed by atoms with Crippen LogP contribution in [0.5, 0.6) is 0 Å². The number of amides is 4. The first-order chi connectivity index (χ1) is 16.0. The van der Waals surface area contributed by atoms with Gasteiger partial charge in [-0.1, -0.05) is 19.4 Å². The fraction of sp³-hybridized carbons (Fsp3) is 0.160. The summed E-state index contributed by atoms with van der Waals surface area (Å²) >= 11 is 0. The van der Waals surface area contributed by atoms with Gasteiger partial charge < -0.3 is 10.6 Å². The minimum Gasteiger partial charge on any atom is -0.322 e. The highest BCUT2D eigenvalue weighted by Crippen LogP contribution is 2.25. The second kappa shape index (κ2) is 9.44. The van der Waals surface area contributed by atoms with Gasteiger partial charge in [0.2, 0.25) is 0 Å². The summed E-state index contributed by atoms with van der Waals surface area (Å²) in [5.41, 5.74) is 2.26. The molecule has 2 heterocycles. The van der Waals surface area contributed by atoms with Crippen LogP contribution in [0.2, 0.25) is 0 Å². The number of pyridine rings is 1. The first kappa shape index (κ1) is 21.9. The van der Waals surface area contributed by atoms with Crippen LogP contribution in [0.3, 0.4) is 0 Å². The van der Waals surface area contributed by atoms with Crippen molar-refractivity contribution in [1.29, 1.82) is 0 Å². The Bertz CT molecular complexity index is 1240. The molecule has 1 aromatic heterocycles. The zero-order chi connectivity index (χ0) is 23.4. The molecule has 1 aliphatic rings. The molecule has 8 heteroatoms. The van der Waals surface area contributed by atoms with Gasteiger partial charge in [-0.05, 0) is 55.0 Å². The number of hydrogen-bond acceptors (Lipinski definition) is 5. The van der Waals surface area contributed by atoms with Gasteiger partial charge in [0, 0.05) is 41.4 Å². The maximum atomic E-state index is 12.8. The molecule has 0 atom stereocenters. The molecule has 8 nitrogen and oxygen atoms in total. The summed E-state index contributed by atoms with van der Waals surface area (Å²) in [7, 11) is 0. The van der Waals surface area contributed by atoms with E-state index in [9.17, 15) is 19.2 Å². The highest BCUT2D eigenvalue weighted by Gasteiger charge is 2.35. The van der Waals surface area contributed by atoms with Gasteiger partial charge in [-0.25, -0.2) is 0 Å². The maximum Gasteiger partial charge on any atom is 0.261 e. The summed E-state index contributed by atoms with van der Waals surface area (Å²) in [6, 6.07) is 14.4. The van der Waals surface area contributed by atoms with Gasteiger partial charge in [0.05, 0.1) is 11.1 Å². The Hall–Kier alpha value is -4.33. The summed E-state index contributed by atoms with van der Waals surface area (Å²) in [4.78, 5) is 55.4. The lowest BCUT2D eigenvalue weighted by Gasteiger charge is -2.12. The molecule has 166 valence electrons. The molecule has 0 saturated heterocycles. The van der Waals surface area contributed by atoms with E-state index in [0.717, 1.165) is 12.8 Å². The Morgan fingerprint density at radius 3 is 2.12 bits per heavy atom. The van der Waals surface area contributed by atoms with Gasteiger partial charge in [0.1, 0.15) is 0 Å². The zero-order valence-corrected chi connectivity index (χ0v) is 18.0. The topological polar surface area (TPSA) is 108 Å². The van der Waals surface area contributed by atoms with Crippen molar-refractivity contribution in [3.05, 3.63) is 89.2 Å². The number of hydrogen-bond donors (Lipinski definition) is 2. The van der Waals surface area contributed by atoms with Crippen LogP contribution in [-0.4, -0.2) is 40.1 Å². The molecule has 0 aliphatic carbocycles. The van der Waals surface area contributed by atoms with E-state index in [0.29, 0.717) is 29.0 Å². The van der Waals surface area contributed by atoms with E-state index in [1.807, 2.05) is 6.92 Å². The predicted octanol–water partition coefficient (Wildman–Crippen LogP) is 3.98. The van der Waals surface area contributed by atoms with Gasteiger partial charge in [0.15, 0.2) is 0 Å². The van der Waals surface area contributed by atoms with Crippen LogP contribution in [0.4, 0.5) is 11.4 Å². The Labute approximate surface area is 190 Å². The minimum atomic E-state index is -0.428. The third kappa shape index (κ3) is 4.64. The van der Waals surface area contributed by atoms with Gasteiger partial charge >= 0.3 is 0 Å². The third-order valence-electron chi connectivity index (χ3n) is 5.29. The number of fused-ring (bicyclic) bond motifs is 1. The molecular weight excluding hydrogens is 420 g/mol. The van der Waals surface area contributed by atoms with Crippen LogP contribution >= 0.6 is 0 Å². The normalized spacial score (nSPS) is 12.5. The van der Waals surface area contributed by atoms with E-state index >= 15 is 0 Å². The molecule has 33 heavy (non-hydrogen) atoms. The average Bonchev–Trinajstić information content (AvgIpc) is 3.07. The van der Waals surface area contributed by atoms with E-state index in [1.165, 1.54) is 35.5 Å². The fourth-order valence-corrected chi connectivity index (χ4v) is 3.54. The molecule has 3 aromatic rings. The van der Waals surface area contributed by atoms with Crippen molar-refractivity contribution in [2.75, 3.05) is 17.2 Å². The van der Waals surface area contributed by atoms with Crippen molar-refractivity contribution in [3.8, 4) is 0 Å². The first-order valence-electron chi connectivity index (χ1n) is 10.6. The highest BCUT2D eigenvalue weighted by atomic mass is 16.2. The van der Waals surface area contributed by atoms with Gasteiger partial charge in [-0.2, -0.15) is 0 Å². The largest absolute Gasteiger partial charge is 0.322 e. The molecule has 2 N–H and O–H groups in total. The summed E-state index contributed by atoms with van der Waals surface area (Å²) in [5.74, 6) is -1.43. The standard InChI is InChI=1S/C25H22N4O4/c1-2-3-13-29-24(32)20-8-7-17(14-21(20)25(29)33)23(31)28-19-6-4-5-18(15-19)27-22(30)16-9-11-26-12-10-16/h4-12,14-15H,2-3,13H2,1H3,(H,27,30)(H,28,31). The van der Waals surface area contributed by atoms with E-state index in [1.54, 1.807) is 36.4 Å². The molecule has 2 aromatic carbocycles. The lowest BCUT2D eigenvalue weighted by Crippen LogP contribution is -2.30. The summed E-state index contributed by atoms with van der Waals surface area (Å²) < 4.78 is 0. The number of unbranched alkanes of at least 4 members (excludes halogenated alkanes) is 1. The quantitative estimate of drug-likeness (QED) is 0.538. The SMILES string of the molecule is CCCCN1C(=O)c2ccc(C(=O)Nc3cccc(NC(=O)c4ccncc4)c3)cc2C1=O. The Morgan fingerprint density at radius 1 is 0.818 bits per heavy atom. The molecule has 4 rings (SSSR count). The number of anilines is 2. The van der Waals surface area contributed by atoms with Crippen molar-refractivity contribution < 1.29 is 19.2 Å². The monoisotopic (exact) mass is 442 g/mol.